The van der Waals surface area contributed by atoms with Gasteiger partial charge in [0.1, 0.15) is 5.69 Å². The zero-order valence-electron chi connectivity index (χ0n) is 11.6. The molecule has 0 aromatic carbocycles. The smallest absolute Gasteiger partial charge is 0.332 e. The van der Waals surface area contributed by atoms with Crippen LogP contribution in [0.25, 0.3) is 0 Å². The molecule has 4 N–H and O–H groups in total. The molecular weight excluding hydrogens is 300 g/mol. The van der Waals surface area contributed by atoms with Gasteiger partial charge in [-0.25, -0.2) is 19.2 Å². The zero-order chi connectivity index (χ0) is 15.8. The van der Waals surface area contributed by atoms with Crippen LogP contribution in [0.3, 0.4) is 0 Å². The lowest BCUT2D eigenvalue weighted by molar-refractivity contribution is -0.385. The fourth-order valence-corrected chi connectivity index (χ4v) is 4.43. The highest BCUT2D eigenvalue weighted by Crippen LogP contribution is 2.32. The van der Waals surface area contributed by atoms with Crippen molar-refractivity contribution in [1.82, 2.24) is 9.97 Å². The molecule has 0 aliphatic carbocycles. The number of nitro groups is 1. The first-order valence-electron chi connectivity index (χ1n) is 6.14. The van der Waals surface area contributed by atoms with E-state index >= 15 is 0 Å². The van der Waals surface area contributed by atoms with E-state index in [1.807, 2.05) is 0 Å². The van der Waals surface area contributed by atoms with Gasteiger partial charge in [-0.1, -0.05) is 0 Å². The monoisotopic (exact) mass is 316 g/mol. The second-order valence-electron chi connectivity index (χ2n) is 5.26. The predicted octanol–water partition coefficient (Wildman–Crippen LogP) is -0.0321. The van der Waals surface area contributed by atoms with Gasteiger partial charge in [0.15, 0.2) is 9.84 Å². The van der Waals surface area contributed by atoms with E-state index < -0.39 is 20.3 Å². The van der Waals surface area contributed by atoms with E-state index in [1.54, 1.807) is 6.92 Å². The number of hydrazine groups is 1. The summed E-state index contributed by atoms with van der Waals surface area (Å²) in [6.07, 6.45) is 0.348. The Morgan fingerprint density at radius 2 is 2.10 bits per heavy atom. The molecule has 0 spiro atoms. The molecule has 0 radical (unpaired) electrons. The SMILES string of the molecule is Cc1nc(NN)nc(NC2(C)CCS(=O)(=O)C2)c1[N+](=O)[O-]. The van der Waals surface area contributed by atoms with E-state index in [4.69, 9.17) is 5.84 Å². The summed E-state index contributed by atoms with van der Waals surface area (Å²) in [4.78, 5) is 18.3. The second-order valence-corrected chi connectivity index (χ2v) is 7.44. The Hall–Kier alpha value is -2.01. The molecule has 1 aromatic rings. The Bertz CT molecular complexity index is 691. The number of hydrogen-bond acceptors (Lipinski definition) is 9. The van der Waals surface area contributed by atoms with Crippen LogP contribution in [0.2, 0.25) is 0 Å². The Kier molecular flexibility index (Phi) is 3.72. The molecule has 1 aliphatic rings. The molecule has 0 amide bonds. The normalized spacial score (nSPS) is 23.8. The summed E-state index contributed by atoms with van der Waals surface area (Å²) in [5.41, 5.74) is 1.26. The van der Waals surface area contributed by atoms with E-state index in [2.05, 4.69) is 20.7 Å². The summed E-state index contributed by atoms with van der Waals surface area (Å²) in [5, 5.41) is 14.0. The van der Waals surface area contributed by atoms with Crippen LogP contribution in [0.1, 0.15) is 19.0 Å². The number of nitrogens with zero attached hydrogens (tertiary/aromatic N) is 3. The third-order valence-electron chi connectivity index (χ3n) is 3.29. The van der Waals surface area contributed by atoms with Gasteiger partial charge in [-0.15, -0.1) is 0 Å². The number of hydrogen-bond donors (Lipinski definition) is 3. The van der Waals surface area contributed by atoms with Crippen molar-refractivity contribution in [3.05, 3.63) is 15.8 Å². The summed E-state index contributed by atoms with van der Waals surface area (Å²) in [5.74, 6) is 5.14. The van der Waals surface area contributed by atoms with Crippen molar-refractivity contribution in [3.63, 3.8) is 0 Å². The van der Waals surface area contributed by atoms with Crippen LogP contribution in [0.5, 0.6) is 0 Å². The number of anilines is 2. The number of nitrogens with one attached hydrogen (secondary N) is 2. The minimum atomic E-state index is -3.15. The van der Waals surface area contributed by atoms with Crippen LogP contribution in [0.15, 0.2) is 0 Å². The highest BCUT2D eigenvalue weighted by Gasteiger charge is 2.40. The molecule has 1 aromatic heterocycles. The molecule has 1 unspecified atom stereocenters. The molecule has 0 bridgehead atoms. The molecule has 116 valence electrons. The largest absolute Gasteiger partial charge is 0.358 e. The Balaban J connectivity index is 2.43. The Morgan fingerprint density at radius 3 is 2.57 bits per heavy atom. The van der Waals surface area contributed by atoms with Gasteiger partial charge < -0.3 is 5.32 Å². The lowest BCUT2D eigenvalue weighted by atomic mass is 10.0. The van der Waals surface area contributed by atoms with Crippen molar-refractivity contribution in [2.24, 2.45) is 5.84 Å². The summed E-state index contributed by atoms with van der Waals surface area (Å²) >= 11 is 0. The molecule has 1 aliphatic heterocycles. The minimum absolute atomic E-state index is 0.0186. The third-order valence-corrected chi connectivity index (χ3v) is 5.20. The summed E-state index contributed by atoms with van der Waals surface area (Å²) in [7, 11) is -3.15. The fourth-order valence-electron chi connectivity index (χ4n) is 2.33. The third kappa shape index (κ3) is 3.19. The predicted molar refractivity (Wildman–Crippen MR) is 76.5 cm³/mol. The number of rotatable bonds is 4. The lowest BCUT2D eigenvalue weighted by Crippen LogP contribution is -2.36. The lowest BCUT2D eigenvalue weighted by Gasteiger charge is -2.24. The zero-order valence-corrected chi connectivity index (χ0v) is 12.4. The topological polar surface area (TPSA) is 153 Å². The van der Waals surface area contributed by atoms with Gasteiger partial charge in [0.05, 0.1) is 22.0 Å². The highest BCUT2D eigenvalue weighted by molar-refractivity contribution is 7.91. The quantitative estimate of drug-likeness (QED) is 0.394. The van der Waals surface area contributed by atoms with Gasteiger partial charge in [-0.05, 0) is 20.3 Å². The second kappa shape index (κ2) is 5.07. The van der Waals surface area contributed by atoms with Crippen molar-refractivity contribution in [2.75, 3.05) is 22.2 Å². The van der Waals surface area contributed by atoms with Crippen LogP contribution < -0.4 is 16.6 Å². The number of sulfone groups is 1. The molecule has 0 saturated carbocycles. The fraction of sp³-hybridized carbons (Fsp3) is 0.600. The maximum Gasteiger partial charge on any atom is 0.332 e. The molecule has 1 fully saturated rings. The molecule has 2 rings (SSSR count). The van der Waals surface area contributed by atoms with Crippen LogP contribution >= 0.6 is 0 Å². The molecule has 1 saturated heterocycles. The van der Waals surface area contributed by atoms with E-state index in [1.165, 1.54) is 6.92 Å². The molecular formula is C10H16N6O4S. The van der Waals surface area contributed by atoms with Crippen molar-refractivity contribution < 1.29 is 13.3 Å². The van der Waals surface area contributed by atoms with Gasteiger partial charge in [0, 0.05) is 0 Å². The highest BCUT2D eigenvalue weighted by atomic mass is 32.2. The van der Waals surface area contributed by atoms with Gasteiger partial charge >= 0.3 is 5.69 Å². The Morgan fingerprint density at radius 1 is 1.43 bits per heavy atom. The van der Waals surface area contributed by atoms with Crippen molar-refractivity contribution in [3.8, 4) is 0 Å². The number of aryl methyl sites for hydroxylation is 1. The molecule has 11 heteroatoms. The average Bonchev–Trinajstić information content (AvgIpc) is 2.61. The summed E-state index contributed by atoms with van der Waals surface area (Å²) in [6.45, 7) is 3.15. The average molecular weight is 316 g/mol. The minimum Gasteiger partial charge on any atom is -0.358 e. The molecule has 10 nitrogen and oxygen atoms in total. The van der Waals surface area contributed by atoms with E-state index in [9.17, 15) is 18.5 Å². The number of aromatic nitrogens is 2. The maximum absolute atomic E-state index is 11.6. The van der Waals surface area contributed by atoms with E-state index in [0.29, 0.717) is 6.42 Å². The number of nitrogens with two attached hydrogens (primary N) is 1. The van der Waals surface area contributed by atoms with Crippen LogP contribution in [0, 0.1) is 17.0 Å². The van der Waals surface area contributed by atoms with Gasteiger partial charge in [0.2, 0.25) is 11.8 Å². The van der Waals surface area contributed by atoms with Crippen LogP contribution in [-0.2, 0) is 9.84 Å². The first-order chi connectivity index (χ1) is 9.66. The molecule has 2 heterocycles. The van der Waals surface area contributed by atoms with Crippen molar-refractivity contribution in [2.45, 2.75) is 25.8 Å². The van der Waals surface area contributed by atoms with Gasteiger partial charge in [-0.3, -0.25) is 15.5 Å². The van der Waals surface area contributed by atoms with Gasteiger partial charge in [0.25, 0.3) is 0 Å². The molecule has 1 atom stereocenters. The van der Waals surface area contributed by atoms with Crippen molar-refractivity contribution in [1.29, 1.82) is 0 Å². The van der Waals surface area contributed by atoms with E-state index in [-0.39, 0.29) is 34.7 Å². The van der Waals surface area contributed by atoms with Crippen LogP contribution in [-0.4, -0.2) is 40.4 Å². The first-order valence-corrected chi connectivity index (χ1v) is 7.96. The molecule has 21 heavy (non-hydrogen) atoms. The Labute approximate surface area is 121 Å². The maximum atomic E-state index is 11.6. The van der Waals surface area contributed by atoms with E-state index in [0.717, 1.165) is 0 Å². The summed E-state index contributed by atoms with van der Waals surface area (Å²) in [6, 6.07) is 0. The van der Waals surface area contributed by atoms with Gasteiger partial charge in [-0.2, -0.15) is 4.98 Å². The van der Waals surface area contributed by atoms with Crippen LogP contribution in [0.4, 0.5) is 17.5 Å². The summed E-state index contributed by atoms with van der Waals surface area (Å²) < 4.78 is 23.2. The standard InChI is InChI=1S/C10H16N6O4S/c1-6-7(16(17)18)8(13-9(12-6)15-11)14-10(2)3-4-21(19,20)5-10/h3-5,11H2,1-2H3,(H2,12,13,14,15). The number of nitrogen functional groups attached to an aromatic ring is 1. The first kappa shape index (κ1) is 15.4. The van der Waals surface area contributed by atoms with Crippen molar-refractivity contribution >= 4 is 27.3 Å².